The number of carbonyl (C=O) groups excluding carboxylic acids is 1. The molecule has 0 N–H and O–H groups in total. The summed E-state index contributed by atoms with van der Waals surface area (Å²) in [6, 6.07) is 13.0. The molecule has 0 aliphatic rings. The second-order valence-corrected chi connectivity index (χ2v) is 4.33. The van der Waals surface area contributed by atoms with E-state index >= 15 is 0 Å². The maximum Gasteiger partial charge on any atom is 0.309 e. The van der Waals surface area contributed by atoms with Crippen molar-refractivity contribution in [2.45, 2.75) is 12.3 Å². The van der Waals surface area contributed by atoms with Gasteiger partial charge in [0, 0.05) is 5.92 Å². The van der Waals surface area contributed by atoms with Gasteiger partial charge in [0.15, 0.2) is 0 Å². The van der Waals surface area contributed by atoms with Gasteiger partial charge in [-0.05, 0) is 12.0 Å². The monoisotopic (exact) mass is 268 g/mol. The number of nitriles is 2. The molecule has 0 saturated carbocycles. The molecule has 0 aliphatic heterocycles. The maximum absolute atomic E-state index is 12.0. The van der Waals surface area contributed by atoms with Crippen molar-refractivity contribution >= 4 is 5.97 Å². The minimum atomic E-state index is -0.915. The third-order valence-electron chi connectivity index (χ3n) is 3.18. The molecule has 1 aromatic rings. The van der Waals surface area contributed by atoms with Gasteiger partial charge in [-0.25, -0.2) is 0 Å². The first-order chi connectivity index (χ1) is 9.69. The topological polar surface area (TPSA) is 73.9 Å². The van der Waals surface area contributed by atoms with Gasteiger partial charge in [-0.2, -0.15) is 10.5 Å². The standard InChI is InChI=1S/C16H16N2O2/c1-3-7-14(16(19)20-2)15(13(10-17)11-18)12-8-5-4-6-9-12/h3-6,8-9,13-15H,1,7H2,2H3/t14-,15-/m0/s1. The molecule has 0 fully saturated rings. The molecule has 0 aliphatic carbocycles. The van der Waals surface area contributed by atoms with Gasteiger partial charge in [-0.15, -0.1) is 6.58 Å². The number of carbonyl (C=O) groups is 1. The van der Waals surface area contributed by atoms with Gasteiger partial charge in [0.2, 0.25) is 0 Å². The molecule has 0 radical (unpaired) electrons. The molecular formula is C16H16N2O2. The number of rotatable bonds is 6. The summed E-state index contributed by atoms with van der Waals surface area (Å²) in [6.45, 7) is 3.63. The molecule has 0 aromatic heterocycles. The Morgan fingerprint density at radius 1 is 1.35 bits per heavy atom. The lowest BCUT2D eigenvalue weighted by atomic mass is 9.76. The van der Waals surface area contributed by atoms with Crippen LogP contribution in [0.2, 0.25) is 0 Å². The number of methoxy groups -OCH3 is 1. The zero-order valence-corrected chi connectivity index (χ0v) is 11.3. The van der Waals surface area contributed by atoms with E-state index in [1.54, 1.807) is 6.08 Å². The molecule has 4 heteroatoms. The number of hydrogen-bond acceptors (Lipinski definition) is 4. The van der Waals surface area contributed by atoms with Crippen LogP contribution in [0.4, 0.5) is 0 Å². The second kappa shape index (κ2) is 7.76. The summed E-state index contributed by atoms with van der Waals surface area (Å²) >= 11 is 0. The van der Waals surface area contributed by atoms with E-state index in [0.717, 1.165) is 5.56 Å². The van der Waals surface area contributed by atoms with Crippen LogP contribution in [0.1, 0.15) is 17.9 Å². The van der Waals surface area contributed by atoms with Crippen molar-refractivity contribution in [3.63, 3.8) is 0 Å². The van der Waals surface area contributed by atoms with Crippen molar-refractivity contribution in [2.75, 3.05) is 7.11 Å². The first-order valence-corrected chi connectivity index (χ1v) is 6.22. The van der Waals surface area contributed by atoms with Crippen molar-refractivity contribution in [2.24, 2.45) is 11.8 Å². The highest BCUT2D eigenvalue weighted by Crippen LogP contribution is 2.35. The van der Waals surface area contributed by atoms with Gasteiger partial charge >= 0.3 is 5.97 Å². The van der Waals surface area contributed by atoms with E-state index in [9.17, 15) is 15.3 Å². The lowest BCUT2D eigenvalue weighted by molar-refractivity contribution is -0.146. The highest BCUT2D eigenvalue weighted by Gasteiger charge is 2.35. The van der Waals surface area contributed by atoms with Gasteiger partial charge in [0.05, 0.1) is 25.2 Å². The van der Waals surface area contributed by atoms with E-state index in [-0.39, 0.29) is 0 Å². The number of benzene rings is 1. The van der Waals surface area contributed by atoms with Crippen molar-refractivity contribution in [1.82, 2.24) is 0 Å². The molecular weight excluding hydrogens is 252 g/mol. The lowest BCUT2D eigenvalue weighted by Crippen LogP contribution is -2.27. The normalized spacial score (nSPS) is 12.8. The van der Waals surface area contributed by atoms with Gasteiger partial charge < -0.3 is 4.74 Å². The summed E-state index contributed by atoms with van der Waals surface area (Å²) in [5.41, 5.74) is 0.776. The number of allylic oxidation sites excluding steroid dienone is 1. The quantitative estimate of drug-likeness (QED) is 0.587. The van der Waals surface area contributed by atoms with E-state index in [2.05, 4.69) is 6.58 Å². The molecule has 0 heterocycles. The summed E-state index contributed by atoms with van der Waals surface area (Å²) < 4.78 is 4.80. The Morgan fingerprint density at radius 3 is 2.40 bits per heavy atom. The Labute approximate surface area is 118 Å². The molecule has 20 heavy (non-hydrogen) atoms. The van der Waals surface area contributed by atoms with Crippen LogP contribution in [-0.2, 0) is 9.53 Å². The number of nitrogens with zero attached hydrogens (tertiary/aromatic N) is 2. The fourth-order valence-corrected chi connectivity index (χ4v) is 2.24. The molecule has 0 saturated heterocycles. The van der Waals surface area contributed by atoms with Crippen LogP contribution in [0.3, 0.4) is 0 Å². The van der Waals surface area contributed by atoms with Crippen LogP contribution >= 0.6 is 0 Å². The van der Waals surface area contributed by atoms with Crippen LogP contribution < -0.4 is 0 Å². The summed E-state index contributed by atoms with van der Waals surface area (Å²) in [5.74, 6) is -2.48. The summed E-state index contributed by atoms with van der Waals surface area (Å²) in [6.07, 6.45) is 1.95. The van der Waals surface area contributed by atoms with E-state index in [1.807, 2.05) is 42.5 Å². The fourth-order valence-electron chi connectivity index (χ4n) is 2.24. The van der Waals surface area contributed by atoms with Crippen LogP contribution in [0.25, 0.3) is 0 Å². The average Bonchev–Trinajstić information content (AvgIpc) is 2.51. The Hall–Kier alpha value is -2.59. The van der Waals surface area contributed by atoms with Crippen LogP contribution in [-0.4, -0.2) is 13.1 Å². The Balaban J connectivity index is 3.28. The number of ether oxygens (including phenoxy) is 1. The van der Waals surface area contributed by atoms with E-state index in [4.69, 9.17) is 4.74 Å². The molecule has 0 amide bonds. The summed E-state index contributed by atoms with van der Waals surface area (Å²) in [4.78, 5) is 12.0. The predicted molar refractivity (Wildman–Crippen MR) is 74.2 cm³/mol. The average molecular weight is 268 g/mol. The molecule has 0 bridgehead atoms. The number of esters is 1. The summed E-state index contributed by atoms with van der Waals surface area (Å²) in [7, 11) is 1.30. The zero-order valence-electron chi connectivity index (χ0n) is 11.3. The van der Waals surface area contributed by atoms with Gasteiger partial charge in [-0.3, -0.25) is 4.79 Å². The SMILES string of the molecule is C=CC[C@H](C(=O)OC)[C@@H](c1ccccc1)C(C#N)C#N. The molecule has 1 rings (SSSR count). The van der Waals surface area contributed by atoms with Gasteiger partial charge in [-0.1, -0.05) is 36.4 Å². The molecule has 2 atom stereocenters. The van der Waals surface area contributed by atoms with E-state index in [0.29, 0.717) is 6.42 Å². The summed E-state index contributed by atoms with van der Waals surface area (Å²) in [5, 5.41) is 18.4. The molecule has 1 aromatic carbocycles. The van der Waals surface area contributed by atoms with Crippen molar-refractivity contribution in [3.8, 4) is 12.1 Å². The van der Waals surface area contributed by atoms with Crippen molar-refractivity contribution < 1.29 is 9.53 Å². The van der Waals surface area contributed by atoms with E-state index in [1.165, 1.54) is 7.11 Å². The van der Waals surface area contributed by atoms with Crippen molar-refractivity contribution in [3.05, 3.63) is 48.6 Å². The highest BCUT2D eigenvalue weighted by molar-refractivity contribution is 5.74. The molecule has 102 valence electrons. The first-order valence-electron chi connectivity index (χ1n) is 6.22. The number of hydrogen-bond donors (Lipinski definition) is 0. The second-order valence-electron chi connectivity index (χ2n) is 4.33. The molecule has 4 nitrogen and oxygen atoms in total. The Morgan fingerprint density at radius 2 is 1.95 bits per heavy atom. The smallest absolute Gasteiger partial charge is 0.309 e. The third-order valence-corrected chi connectivity index (χ3v) is 3.18. The fraction of sp³-hybridized carbons (Fsp3) is 0.312. The predicted octanol–water partition coefficient (Wildman–Crippen LogP) is 2.80. The van der Waals surface area contributed by atoms with Gasteiger partial charge in [0.25, 0.3) is 0 Å². The third kappa shape index (κ3) is 3.46. The van der Waals surface area contributed by atoms with Crippen LogP contribution in [0.15, 0.2) is 43.0 Å². The van der Waals surface area contributed by atoms with Crippen molar-refractivity contribution in [1.29, 1.82) is 10.5 Å². The van der Waals surface area contributed by atoms with E-state index < -0.39 is 23.7 Å². The maximum atomic E-state index is 12.0. The highest BCUT2D eigenvalue weighted by atomic mass is 16.5. The minimum absolute atomic E-state index is 0.353. The Bertz CT molecular complexity index is 526. The zero-order chi connectivity index (χ0) is 15.0. The molecule has 0 spiro atoms. The largest absolute Gasteiger partial charge is 0.469 e. The lowest BCUT2D eigenvalue weighted by Gasteiger charge is -2.25. The minimum Gasteiger partial charge on any atom is -0.469 e. The van der Waals surface area contributed by atoms with Crippen LogP contribution in [0, 0.1) is 34.5 Å². The Kier molecular flexibility index (Phi) is 6.00. The first kappa shape index (κ1) is 15.5. The van der Waals surface area contributed by atoms with Crippen LogP contribution in [0.5, 0.6) is 0 Å². The molecule has 0 unspecified atom stereocenters. The van der Waals surface area contributed by atoms with Gasteiger partial charge in [0.1, 0.15) is 5.92 Å².